The summed E-state index contributed by atoms with van der Waals surface area (Å²) < 4.78 is 0. The highest BCUT2D eigenvalue weighted by atomic mass is 35.5. The fraction of sp³-hybridized carbons (Fsp3) is 0.500. The van der Waals surface area contributed by atoms with Gasteiger partial charge in [0, 0.05) is 23.1 Å². The van der Waals surface area contributed by atoms with Crippen LogP contribution < -0.4 is 10.6 Å². The van der Waals surface area contributed by atoms with E-state index in [1.807, 2.05) is 6.07 Å². The molecule has 1 amide bonds. The fourth-order valence-corrected chi connectivity index (χ4v) is 3.10. The topological polar surface area (TPSA) is 41.1 Å². The molecule has 0 saturated carbocycles. The monoisotopic (exact) mass is 278 g/mol. The molecular formula is C10H15ClN2OS2. The number of hydrogen-bond donors (Lipinski definition) is 2. The average Bonchev–Trinajstić information content (AvgIpc) is 2.90. The molecule has 1 aromatic heterocycles. The molecule has 1 fully saturated rings. The van der Waals surface area contributed by atoms with Crippen LogP contribution in [0.4, 0.5) is 0 Å². The van der Waals surface area contributed by atoms with E-state index < -0.39 is 0 Å². The Hall–Kier alpha value is -0.230. The first-order valence-corrected chi connectivity index (χ1v) is 7.01. The highest BCUT2D eigenvalue weighted by Gasteiger charge is 2.21. The van der Waals surface area contributed by atoms with E-state index in [0.717, 1.165) is 24.6 Å². The third-order valence-electron chi connectivity index (χ3n) is 2.28. The molecule has 2 heterocycles. The highest BCUT2D eigenvalue weighted by Crippen LogP contribution is 2.10. The minimum atomic E-state index is 0. The highest BCUT2D eigenvalue weighted by molar-refractivity contribution is 7.99. The molecular weight excluding hydrogens is 264 g/mol. The van der Waals surface area contributed by atoms with Gasteiger partial charge in [-0.2, -0.15) is 0 Å². The van der Waals surface area contributed by atoms with Crippen LogP contribution >= 0.6 is 35.5 Å². The molecule has 90 valence electrons. The van der Waals surface area contributed by atoms with E-state index in [2.05, 4.69) is 22.1 Å². The first-order valence-electron chi connectivity index (χ1n) is 4.97. The lowest BCUT2D eigenvalue weighted by Gasteiger charge is -2.09. The Kier molecular flexibility index (Phi) is 6.20. The second-order valence-corrected chi connectivity index (χ2v) is 5.45. The van der Waals surface area contributed by atoms with Crippen molar-refractivity contribution in [2.75, 3.05) is 18.2 Å². The zero-order valence-electron chi connectivity index (χ0n) is 8.77. The van der Waals surface area contributed by atoms with Gasteiger partial charge < -0.3 is 5.32 Å². The van der Waals surface area contributed by atoms with Gasteiger partial charge in [0.25, 0.3) is 0 Å². The molecule has 0 bridgehead atoms. The van der Waals surface area contributed by atoms with E-state index >= 15 is 0 Å². The van der Waals surface area contributed by atoms with Gasteiger partial charge in [-0.15, -0.1) is 35.5 Å². The predicted molar refractivity (Wildman–Crippen MR) is 72.5 cm³/mol. The summed E-state index contributed by atoms with van der Waals surface area (Å²) in [6.45, 7) is 0.738. The summed E-state index contributed by atoms with van der Waals surface area (Å²) in [5.74, 6) is 1.92. The van der Waals surface area contributed by atoms with E-state index in [9.17, 15) is 4.79 Å². The summed E-state index contributed by atoms with van der Waals surface area (Å²) in [6.07, 6.45) is 0.934. The van der Waals surface area contributed by atoms with Crippen molar-refractivity contribution in [1.29, 1.82) is 0 Å². The largest absolute Gasteiger partial charge is 0.354 e. The van der Waals surface area contributed by atoms with Gasteiger partial charge in [0.2, 0.25) is 5.91 Å². The third-order valence-corrected chi connectivity index (χ3v) is 4.16. The summed E-state index contributed by atoms with van der Waals surface area (Å²) in [4.78, 5) is 12.9. The second kappa shape index (κ2) is 7.17. The van der Waals surface area contributed by atoms with Crippen LogP contribution in [0.1, 0.15) is 4.88 Å². The van der Waals surface area contributed by atoms with Gasteiger partial charge in [0.1, 0.15) is 0 Å². The quantitative estimate of drug-likeness (QED) is 0.877. The van der Waals surface area contributed by atoms with E-state index in [-0.39, 0.29) is 24.4 Å². The Bertz CT molecular complexity index is 313. The number of thiophene rings is 1. The van der Waals surface area contributed by atoms with Crippen LogP contribution in [0.3, 0.4) is 0 Å². The summed E-state index contributed by atoms with van der Waals surface area (Å²) in [5, 5.41) is 8.17. The SMILES string of the molecule is Cl.O=C(NCCc1cccs1)C1CSCN1. The molecule has 0 aliphatic carbocycles. The summed E-state index contributed by atoms with van der Waals surface area (Å²) in [7, 11) is 0. The number of rotatable bonds is 4. The lowest BCUT2D eigenvalue weighted by Crippen LogP contribution is -2.42. The van der Waals surface area contributed by atoms with Crippen LogP contribution in [-0.2, 0) is 11.2 Å². The van der Waals surface area contributed by atoms with Gasteiger partial charge in [0.05, 0.1) is 6.04 Å². The fourth-order valence-electron chi connectivity index (χ4n) is 1.45. The van der Waals surface area contributed by atoms with Gasteiger partial charge in [-0.3, -0.25) is 10.1 Å². The Balaban J connectivity index is 0.00000128. The van der Waals surface area contributed by atoms with Crippen LogP contribution in [-0.4, -0.2) is 30.1 Å². The van der Waals surface area contributed by atoms with E-state index in [1.165, 1.54) is 4.88 Å². The Labute approximate surface area is 110 Å². The normalized spacial score (nSPS) is 19.1. The number of hydrogen-bond acceptors (Lipinski definition) is 4. The smallest absolute Gasteiger partial charge is 0.238 e. The van der Waals surface area contributed by atoms with Gasteiger partial charge >= 0.3 is 0 Å². The predicted octanol–water partition coefficient (Wildman–Crippen LogP) is 1.49. The van der Waals surface area contributed by atoms with Crippen molar-refractivity contribution in [2.24, 2.45) is 0 Å². The van der Waals surface area contributed by atoms with Crippen molar-refractivity contribution in [2.45, 2.75) is 12.5 Å². The standard InChI is InChI=1S/C10H14N2OS2.ClH/c13-10(9-6-14-7-12-9)11-4-3-8-2-1-5-15-8;/h1-2,5,9,12H,3-4,6-7H2,(H,11,13);1H. The van der Waals surface area contributed by atoms with Crippen LogP contribution in [0, 0.1) is 0 Å². The van der Waals surface area contributed by atoms with Gasteiger partial charge in [-0.05, 0) is 17.9 Å². The number of amides is 1. The first kappa shape index (κ1) is 13.8. The van der Waals surface area contributed by atoms with Crippen molar-refractivity contribution < 1.29 is 4.79 Å². The molecule has 2 rings (SSSR count). The molecule has 1 saturated heterocycles. The first-order chi connectivity index (χ1) is 7.36. The summed E-state index contributed by atoms with van der Waals surface area (Å²) in [5.41, 5.74) is 0. The van der Waals surface area contributed by atoms with Gasteiger partial charge in [-0.25, -0.2) is 0 Å². The van der Waals surface area contributed by atoms with E-state index in [1.54, 1.807) is 23.1 Å². The zero-order chi connectivity index (χ0) is 10.5. The third kappa shape index (κ3) is 3.97. The molecule has 6 heteroatoms. The molecule has 1 aliphatic rings. The minimum Gasteiger partial charge on any atom is -0.354 e. The molecule has 0 aromatic carbocycles. The van der Waals surface area contributed by atoms with Crippen molar-refractivity contribution >= 4 is 41.4 Å². The maximum Gasteiger partial charge on any atom is 0.238 e. The van der Waals surface area contributed by atoms with Crippen molar-refractivity contribution in [1.82, 2.24) is 10.6 Å². The molecule has 0 spiro atoms. The molecule has 16 heavy (non-hydrogen) atoms. The maximum atomic E-state index is 11.6. The number of thioether (sulfide) groups is 1. The van der Waals surface area contributed by atoms with Crippen LogP contribution in [0.15, 0.2) is 17.5 Å². The molecule has 3 nitrogen and oxygen atoms in total. The maximum absolute atomic E-state index is 11.6. The van der Waals surface area contributed by atoms with Crippen molar-refractivity contribution in [3.05, 3.63) is 22.4 Å². The molecule has 2 N–H and O–H groups in total. The lowest BCUT2D eigenvalue weighted by molar-refractivity contribution is -0.122. The Morgan fingerprint density at radius 3 is 3.12 bits per heavy atom. The molecule has 1 aromatic rings. The number of nitrogens with one attached hydrogen (secondary N) is 2. The number of carbonyl (C=O) groups excluding carboxylic acids is 1. The minimum absolute atomic E-state index is 0. The summed E-state index contributed by atoms with van der Waals surface area (Å²) >= 11 is 3.51. The number of halogens is 1. The Morgan fingerprint density at radius 1 is 1.62 bits per heavy atom. The molecule has 0 radical (unpaired) electrons. The molecule has 1 aliphatic heterocycles. The van der Waals surface area contributed by atoms with Crippen molar-refractivity contribution in [3.8, 4) is 0 Å². The van der Waals surface area contributed by atoms with Crippen molar-refractivity contribution in [3.63, 3.8) is 0 Å². The van der Waals surface area contributed by atoms with E-state index in [4.69, 9.17) is 0 Å². The lowest BCUT2D eigenvalue weighted by atomic mass is 10.3. The van der Waals surface area contributed by atoms with E-state index in [0.29, 0.717) is 0 Å². The number of carbonyl (C=O) groups is 1. The van der Waals surface area contributed by atoms with Gasteiger partial charge in [-0.1, -0.05) is 6.07 Å². The van der Waals surface area contributed by atoms with Crippen LogP contribution in [0.25, 0.3) is 0 Å². The van der Waals surface area contributed by atoms with Crippen LogP contribution in [0.2, 0.25) is 0 Å². The van der Waals surface area contributed by atoms with Crippen LogP contribution in [0.5, 0.6) is 0 Å². The molecule has 1 unspecified atom stereocenters. The second-order valence-electron chi connectivity index (χ2n) is 3.39. The zero-order valence-corrected chi connectivity index (χ0v) is 11.2. The summed E-state index contributed by atoms with van der Waals surface area (Å²) in [6, 6.07) is 4.15. The average molecular weight is 279 g/mol. The Morgan fingerprint density at radius 2 is 2.50 bits per heavy atom. The molecule has 1 atom stereocenters. The van der Waals surface area contributed by atoms with Gasteiger partial charge in [0.15, 0.2) is 0 Å².